The average Bonchev–Trinajstić information content (AvgIpc) is 0.707. The van der Waals surface area contributed by atoms with Gasteiger partial charge in [0.1, 0.15) is 0 Å². The number of amides is 3. The maximum atomic E-state index is 20.2. The highest BCUT2D eigenvalue weighted by molar-refractivity contribution is 6.12. The standard InChI is InChI=1S/C136H266N3O3/c1-10-19-28-37-46-55-64-73-82-94-108-121-137(122-109-95-83-74-65-56-47-38-29-20-11-2,123-110-96-84-75-66-57-48-39-30-21-12-3)133(140)132-131(130-117-104-92-91-93-105-118-130)119-106-103-107-120-136(132,134(141)138(124-111-97-85-76-67-58-49-40-31-22-13-4,125-112-98-86-77-68-59-50-41-32-23-14-5)126-113-99-87-78-69-60-51-42-33-24-15-6)135(142)139(127-114-100-88-79-70-61-52-43-34-25-16-7,128-115-101-89-80-71-62-53-44-35-26-17-8)129-116-102-90-81-72-63-54-45-36-27-18-9/h117H,10-116,118-129H2,1-9H3/q+3/b130-117?,132-131+. The molecule has 0 fully saturated rings. The highest BCUT2D eigenvalue weighted by atomic mass is 16.2. The third-order valence-corrected chi connectivity index (χ3v) is 35.3. The molecule has 6 heteroatoms. The van der Waals surface area contributed by atoms with E-state index < -0.39 is 5.41 Å². The molecule has 0 heterocycles. The molecule has 2 rings (SSSR count). The summed E-state index contributed by atoms with van der Waals surface area (Å²) in [6.07, 6.45) is 142. The van der Waals surface area contributed by atoms with Crippen molar-refractivity contribution in [2.45, 2.75) is 769 Å². The van der Waals surface area contributed by atoms with Gasteiger partial charge in [-0.25, -0.2) is 14.4 Å². The van der Waals surface area contributed by atoms with Gasteiger partial charge < -0.3 is 0 Å². The van der Waals surface area contributed by atoms with Crippen molar-refractivity contribution >= 4 is 17.7 Å². The number of carbonyl (C=O) groups excluding carboxylic acids is 3. The topological polar surface area (TPSA) is 51.2 Å². The molecule has 0 radical (unpaired) electrons. The summed E-state index contributed by atoms with van der Waals surface area (Å²) < 4.78 is 1.35. The predicted molar refractivity (Wildman–Crippen MR) is 636 cm³/mol. The molecule has 0 saturated heterocycles. The van der Waals surface area contributed by atoms with Gasteiger partial charge in [-0.15, -0.1) is 0 Å². The Morgan fingerprint density at radius 2 is 0.338 bits per heavy atom. The lowest BCUT2D eigenvalue weighted by atomic mass is 9.66. The van der Waals surface area contributed by atoms with Gasteiger partial charge in [-0.05, 0) is 172 Å². The Balaban J connectivity index is 3.73. The fraction of sp³-hybridized carbons (Fsp3) is 0.949. The molecule has 142 heavy (non-hydrogen) atoms. The molecule has 2 aliphatic carbocycles. The first-order valence-electron chi connectivity index (χ1n) is 67.8. The Labute approximate surface area is 895 Å². The minimum Gasteiger partial charge on any atom is -0.259 e. The minimum atomic E-state index is -1.56. The lowest BCUT2D eigenvalue weighted by Gasteiger charge is -2.49. The Bertz CT molecular complexity index is 2410. The third kappa shape index (κ3) is 71.3. The highest BCUT2D eigenvalue weighted by Crippen LogP contribution is 2.51. The molecule has 0 bridgehead atoms. The van der Waals surface area contributed by atoms with Crippen LogP contribution in [0.2, 0.25) is 0 Å². The van der Waals surface area contributed by atoms with E-state index >= 15 is 14.4 Å². The van der Waals surface area contributed by atoms with Gasteiger partial charge in [-0.2, -0.15) is 0 Å². The number of rotatable bonds is 112. The van der Waals surface area contributed by atoms with E-state index in [4.69, 9.17) is 0 Å². The zero-order valence-electron chi connectivity index (χ0n) is 99.8. The number of hydrogen-bond acceptors (Lipinski definition) is 3. The van der Waals surface area contributed by atoms with Gasteiger partial charge in [-0.3, -0.25) is 13.4 Å². The Morgan fingerprint density at radius 1 is 0.183 bits per heavy atom. The summed E-state index contributed by atoms with van der Waals surface area (Å²) in [5, 5.41) is 0. The molecule has 0 unspecified atom stereocenters. The van der Waals surface area contributed by atoms with Crippen LogP contribution < -0.4 is 0 Å². The molecule has 0 saturated carbocycles. The third-order valence-electron chi connectivity index (χ3n) is 35.3. The maximum absolute atomic E-state index is 20.2. The Morgan fingerprint density at radius 3 is 0.528 bits per heavy atom. The average molecular weight is 1990 g/mol. The second-order valence-corrected chi connectivity index (χ2v) is 48.7. The van der Waals surface area contributed by atoms with Crippen molar-refractivity contribution in [3.05, 3.63) is 22.8 Å². The highest BCUT2D eigenvalue weighted by Gasteiger charge is 2.68. The van der Waals surface area contributed by atoms with Gasteiger partial charge in [0.15, 0.2) is 0 Å². The molecule has 3 amide bonds. The lowest BCUT2D eigenvalue weighted by molar-refractivity contribution is -0.869. The molecular weight excluding hydrogens is 1720 g/mol. The van der Waals surface area contributed by atoms with E-state index in [9.17, 15) is 0 Å². The summed E-state index contributed by atoms with van der Waals surface area (Å²) >= 11 is 0. The Kier molecular flexibility index (Phi) is 99.7. The van der Waals surface area contributed by atoms with Crippen LogP contribution in [0.3, 0.4) is 0 Å². The van der Waals surface area contributed by atoms with Crippen LogP contribution in [0.5, 0.6) is 0 Å². The van der Waals surface area contributed by atoms with Gasteiger partial charge in [0.25, 0.3) is 0 Å². The molecular formula is C136H266N3O3+3. The van der Waals surface area contributed by atoms with Crippen LogP contribution in [0.15, 0.2) is 22.8 Å². The zero-order chi connectivity index (χ0) is 102. The van der Waals surface area contributed by atoms with Crippen molar-refractivity contribution in [3.8, 4) is 0 Å². The van der Waals surface area contributed by atoms with Crippen LogP contribution in [0.25, 0.3) is 0 Å². The molecule has 0 aliphatic heterocycles. The summed E-state index contributed by atoms with van der Waals surface area (Å²) in [6.45, 7) is 28.9. The van der Waals surface area contributed by atoms with Crippen LogP contribution in [-0.4, -0.2) is 90.1 Å². The molecule has 840 valence electrons. The number of allylic oxidation sites excluding steroid dienone is 3. The first kappa shape index (κ1) is 136. The fourth-order valence-electron chi connectivity index (χ4n) is 25.7. The van der Waals surface area contributed by atoms with Crippen molar-refractivity contribution in [2.24, 2.45) is 5.41 Å². The van der Waals surface area contributed by atoms with E-state index in [0.29, 0.717) is 37.6 Å². The molecule has 0 aromatic rings. The SMILES string of the molecule is CCCCCCCCCCCCC[N+](CCCCCCCCCCCCC)(CCCCCCCCCCCCC)C(=O)/C1=C(\C2=CCCCCCC2)CCCCCC1(C(=O)[N+](CCCCCCCCCCCCC)(CCCCCCCCCCCCC)CCCCCCCCCCCCC)C(=O)[N+](CCCCCCCCCCCCC)(CCCCCCCCCCCCC)CCCCCCCCCCCCC. The van der Waals surface area contributed by atoms with Crippen molar-refractivity contribution in [1.82, 2.24) is 0 Å². The van der Waals surface area contributed by atoms with E-state index in [-0.39, 0.29) is 0 Å². The summed E-state index contributed by atoms with van der Waals surface area (Å²) in [7, 11) is 0. The molecule has 0 N–H and O–H groups in total. The van der Waals surface area contributed by atoms with E-state index in [2.05, 4.69) is 68.4 Å². The normalized spacial score (nSPS) is 14.7. The molecule has 0 aromatic carbocycles. The molecule has 6 nitrogen and oxygen atoms in total. The fourth-order valence-corrected chi connectivity index (χ4v) is 25.7. The molecule has 0 spiro atoms. The van der Waals surface area contributed by atoms with Crippen molar-refractivity contribution in [2.75, 3.05) is 58.9 Å². The summed E-state index contributed by atoms with van der Waals surface area (Å²) in [5.74, 6) is 0.936. The molecule has 2 aliphatic rings. The lowest BCUT2D eigenvalue weighted by Crippen LogP contribution is -2.70. The number of carbonyl (C=O) groups is 3. The van der Waals surface area contributed by atoms with Gasteiger partial charge in [0, 0.05) is 0 Å². The van der Waals surface area contributed by atoms with Gasteiger partial charge in [0.2, 0.25) is 5.41 Å². The van der Waals surface area contributed by atoms with Crippen molar-refractivity contribution < 1.29 is 27.8 Å². The second kappa shape index (κ2) is 104. The summed E-state index contributed by atoms with van der Waals surface area (Å²) in [5.41, 5.74) is 2.03. The first-order chi connectivity index (χ1) is 70.1. The van der Waals surface area contributed by atoms with E-state index in [1.165, 1.54) is 570 Å². The quantitative estimate of drug-likeness (QED) is 0.0346. The van der Waals surface area contributed by atoms with E-state index in [0.717, 1.165) is 206 Å². The largest absolute Gasteiger partial charge is 0.344 e. The number of unbranched alkanes of at least 4 members (excludes halogenated alkanes) is 90. The monoisotopic (exact) mass is 1990 g/mol. The molecule has 0 aromatic heterocycles. The smallest absolute Gasteiger partial charge is 0.259 e. The van der Waals surface area contributed by atoms with Crippen LogP contribution in [-0.2, 0) is 14.4 Å². The van der Waals surface area contributed by atoms with Gasteiger partial charge in [0.05, 0.1) is 64.5 Å². The molecule has 0 atom stereocenters. The van der Waals surface area contributed by atoms with Gasteiger partial charge >= 0.3 is 17.7 Å². The van der Waals surface area contributed by atoms with Crippen molar-refractivity contribution in [3.63, 3.8) is 0 Å². The van der Waals surface area contributed by atoms with E-state index in [1.807, 2.05) is 0 Å². The van der Waals surface area contributed by atoms with E-state index in [1.54, 1.807) is 0 Å². The number of nitrogens with zero attached hydrogens (tertiary/aromatic N) is 3. The maximum Gasteiger partial charge on any atom is 0.344 e. The summed E-state index contributed by atoms with van der Waals surface area (Å²) in [4.78, 5) is 60.3. The zero-order valence-corrected chi connectivity index (χ0v) is 99.8. The van der Waals surface area contributed by atoms with Crippen LogP contribution in [0.4, 0.5) is 0 Å². The minimum absolute atomic E-state index is 0.300. The predicted octanol–water partition coefficient (Wildman–Crippen LogP) is 46.3. The van der Waals surface area contributed by atoms with Gasteiger partial charge in [-0.1, -0.05) is 614 Å². The van der Waals surface area contributed by atoms with Crippen LogP contribution in [0, 0.1) is 5.41 Å². The van der Waals surface area contributed by atoms with Crippen molar-refractivity contribution in [1.29, 1.82) is 0 Å². The van der Waals surface area contributed by atoms with Crippen LogP contribution >= 0.6 is 0 Å². The second-order valence-electron chi connectivity index (χ2n) is 48.7. The Hall–Kier alpha value is -1.63. The number of quaternary nitrogens is 3. The first-order valence-corrected chi connectivity index (χ1v) is 67.8. The van der Waals surface area contributed by atoms with Crippen LogP contribution in [0.1, 0.15) is 769 Å². The number of hydrogen-bond donors (Lipinski definition) is 0. The summed E-state index contributed by atoms with van der Waals surface area (Å²) in [6, 6.07) is 0.